The van der Waals surface area contributed by atoms with E-state index in [1.54, 1.807) is 10.8 Å². The molecular weight excluding hydrogens is 230 g/mol. The second-order valence-corrected chi connectivity index (χ2v) is 4.19. The molecule has 0 saturated heterocycles. The van der Waals surface area contributed by atoms with Crippen LogP contribution in [-0.4, -0.2) is 14.5 Å². The summed E-state index contributed by atoms with van der Waals surface area (Å²) in [7, 11) is 0. The fraction of sp³-hybridized carbons (Fsp3) is 0.0769. The summed E-state index contributed by atoms with van der Waals surface area (Å²) in [6, 6.07) is 7.76. The number of rotatable bonds is 0. The van der Waals surface area contributed by atoms with Crippen LogP contribution in [0.5, 0.6) is 5.75 Å². The maximum Gasteiger partial charge on any atom is 0.275 e. The summed E-state index contributed by atoms with van der Waals surface area (Å²) in [5.41, 5.74) is 2.57. The van der Waals surface area contributed by atoms with Gasteiger partial charge in [-0.3, -0.25) is 9.36 Å². The van der Waals surface area contributed by atoms with Crippen LogP contribution in [0.4, 0.5) is 0 Å². The van der Waals surface area contributed by atoms with E-state index in [-0.39, 0.29) is 5.56 Å². The quantitative estimate of drug-likeness (QED) is 0.647. The Balaban J connectivity index is 2.12. The predicted molar refractivity (Wildman–Crippen MR) is 65.1 cm³/mol. The van der Waals surface area contributed by atoms with Crippen molar-refractivity contribution >= 4 is 0 Å². The van der Waals surface area contributed by atoms with Crippen molar-refractivity contribution in [3.63, 3.8) is 0 Å². The summed E-state index contributed by atoms with van der Waals surface area (Å²) >= 11 is 0. The van der Waals surface area contributed by atoms with Gasteiger partial charge >= 0.3 is 0 Å². The average molecular weight is 239 g/mol. The Morgan fingerprint density at radius 2 is 2.22 bits per heavy atom. The van der Waals surface area contributed by atoms with Crippen molar-refractivity contribution in [3.05, 3.63) is 52.7 Å². The second kappa shape index (κ2) is 3.22. The zero-order valence-electron chi connectivity index (χ0n) is 9.38. The first-order chi connectivity index (χ1) is 8.84. The molecule has 1 N–H and O–H groups in total. The smallest absolute Gasteiger partial charge is 0.275 e. The van der Waals surface area contributed by atoms with Gasteiger partial charge in [-0.25, -0.2) is 4.98 Å². The van der Waals surface area contributed by atoms with Crippen LogP contribution in [0.15, 0.2) is 41.5 Å². The maximum atomic E-state index is 11.8. The van der Waals surface area contributed by atoms with Gasteiger partial charge in [0.15, 0.2) is 5.82 Å². The Hall–Kier alpha value is -2.56. The standard InChI is InChI=1S/C13H9N3O2/c17-12-6-14-11-5-15-13-8-3-1-2-4-10(8)18-7-9(13)16(11)12/h1-6,15H,7H2. The van der Waals surface area contributed by atoms with Crippen LogP contribution in [-0.2, 0) is 6.61 Å². The number of para-hydroxylation sites is 1. The predicted octanol–water partition coefficient (Wildman–Crippen LogP) is 1.56. The lowest BCUT2D eigenvalue weighted by Gasteiger charge is -2.22. The first kappa shape index (κ1) is 9.47. The number of nitrogens with one attached hydrogen (secondary N) is 1. The van der Waals surface area contributed by atoms with Gasteiger partial charge in [-0.1, -0.05) is 12.1 Å². The maximum absolute atomic E-state index is 11.8. The normalized spacial score (nSPS) is 12.9. The third kappa shape index (κ3) is 1.10. The molecule has 0 radical (unpaired) electrons. The molecule has 0 bridgehead atoms. The van der Waals surface area contributed by atoms with E-state index in [1.165, 1.54) is 6.20 Å². The number of hydrogen-bond donors (Lipinski definition) is 1. The molecule has 3 aliphatic rings. The van der Waals surface area contributed by atoms with Crippen LogP contribution in [0, 0.1) is 0 Å². The molecule has 0 aromatic heterocycles. The highest BCUT2D eigenvalue weighted by Gasteiger charge is 2.23. The number of aromatic amines is 1. The van der Waals surface area contributed by atoms with E-state index in [4.69, 9.17) is 4.74 Å². The van der Waals surface area contributed by atoms with Gasteiger partial charge in [0.1, 0.15) is 12.4 Å². The van der Waals surface area contributed by atoms with Gasteiger partial charge in [0.25, 0.3) is 5.56 Å². The molecule has 0 aliphatic carbocycles. The Bertz CT molecular complexity index is 772. The van der Waals surface area contributed by atoms with Crippen LogP contribution >= 0.6 is 0 Å². The molecule has 1 aromatic rings. The van der Waals surface area contributed by atoms with Crippen LogP contribution in [0.1, 0.15) is 5.69 Å². The second-order valence-electron chi connectivity index (χ2n) is 4.19. The SMILES string of the molecule is O=c1cnc2c[nH]c3c(n1-2)COc1ccccc1-3. The van der Waals surface area contributed by atoms with E-state index in [0.717, 1.165) is 22.7 Å². The number of hydrogen-bond acceptors (Lipinski definition) is 3. The highest BCUT2D eigenvalue weighted by molar-refractivity contribution is 5.71. The molecule has 18 heavy (non-hydrogen) atoms. The van der Waals surface area contributed by atoms with Crippen molar-refractivity contribution in [1.29, 1.82) is 0 Å². The van der Waals surface area contributed by atoms with Crippen molar-refractivity contribution in [2.45, 2.75) is 6.61 Å². The summed E-state index contributed by atoms with van der Waals surface area (Å²) in [5.74, 6) is 1.44. The highest BCUT2D eigenvalue weighted by Crippen LogP contribution is 2.36. The molecule has 5 heteroatoms. The zero-order chi connectivity index (χ0) is 12.1. The van der Waals surface area contributed by atoms with E-state index >= 15 is 0 Å². The number of H-pyrrole nitrogens is 1. The van der Waals surface area contributed by atoms with Crippen LogP contribution in [0.25, 0.3) is 17.1 Å². The Kier molecular flexibility index (Phi) is 1.70. The molecule has 0 atom stereocenters. The first-order valence-electron chi connectivity index (χ1n) is 5.65. The number of imidazole rings is 1. The van der Waals surface area contributed by atoms with Crippen molar-refractivity contribution in [1.82, 2.24) is 14.5 Å². The zero-order valence-corrected chi connectivity index (χ0v) is 9.38. The summed E-state index contributed by atoms with van der Waals surface area (Å²) in [4.78, 5) is 19.0. The number of aromatic nitrogens is 3. The third-order valence-electron chi connectivity index (χ3n) is 3.18. The topological polar surface area (TPSA) is 59.9 Å². The van der Waals surface area contributed by atoms with Gasteiger partial charge in [0.2, 0.25) is 0 Å². The van der Waals surface area contributed by atoms with Gasteiger partial charge < -0.3 is 9.72 Å². The van der Waals surface area contributed by atoms with Crippen molar-refractivity contribution < 1.29 is 4.74 Å². The van der Waals surface area contributed by atoms with E-state index in [2.05, 4.69) is 9.97 Å². The molecule has 3 aliphatic heterocycles. The minimum Gasteiger partial charge on any atom is -0.487 e. The van der Waals surface area contributed by atoms with Crippen molar-refractivity contribution in [2.24, 2.45) is 0 Å². The number of fused-ring (bicyclic) bond motifs is 5. The molecule has 3 heterocycles. The van der Waals surface area contributed by atoms with Gasteiger partial charge in [0.05, 0.1) is 17.6 Å². The molecule has 5 nitrogen and oxygen atoms in total. The van der Waals surface area contributed by atoms with Crippen LogP contribution in [0.3, 0.4) is 0 Å². The lowest BCUT2D eigenvalue weighted by atomic mass is 10.1. The lowest BCUT2D eigenvalue weighted by Crippen LogP contribution is -2.22. The largest absolute Gasteiger partial charge is 0.487 e. The molecule has 0 amide bonds. The molecule has 0 spiro atoms. The van der Waals surface area contributed by atoms with Gasteiger partial charge in [-0.05, 0) is 12.1 Å². The molecule has 0 fully saturated rings. The van der Waals surface area contributed by atoms with Gasteiger partial charge in [-0.2, -0.15) is 0 Å². The minimum absolute atomic E-state index is 0.127. The van der Waals surface area contributed by atoms with E-state index in [0.29, 0.717) is 12.4 Å². The third-order valence-corrected chi connectivity index (χ3v) is 3.18. The minimum atomic E-state index is -0.127. The molecule has 0 saturated carbocycles. The van der Waals surface area contributed by atoms with Gasteiger partial charge in [0, 0.05) is 11.8 Å². The fourth-order valence-corrected chi connectivity index (χ4v) is 2.37. The summed E-state index contributed by atoms with van der Waals surface area (Å²) < 4.78 is 7.26. The highest BCUT2D eigenvalue weighted by atomic mass is 16.5. The molecule has 4 rings (SSSR count). The van der Waals surface area contributed by atoms with Crippen molar-refractivity contribution in [3.8, 4) is 22.8 Å². The van der Waals surface area contributed by atoms with E-state index in [9.17, 15) is 4.79 Å². The Labute approximate surface area is 102 Å². The van der Waals surface area contributed by atoms with Crippen LogP contribution < -0.4 is 10.3 Å². The molecular formula is C13H9N3O2. The summed E-state index contributed by atoms with van der Waals surface area (Å²) in [5, 5.41) is 0. The Morgan fingerprint density at radius 3 is 3.17 bits per heavy atom. The summed E-state index contributed by atoms with van der Waals surface area (Å²) in [6.07, 6.45) is 3.06. The summed E-state index contributed by atoms with van der Waals surface area (Å²) in [6.45, 7) is 0.367. The monoisotopic (exact) mass is 239 g/mol. The molecule has 88 valence electrons. The van der Waals surface area contributed by atoms with Crippen LogP contribution in [0.2, 0.25) is 0 Å². The van der Waals surface area contributed by atoms with Gasteiger partial charge in [-0.15, -0.1) is 0 Å². The first-order valence-corrected chi connectivity index (χ1v) is 5.65. The average Bonchev–Trinajstić information content (AvgIpc) is 2.80. The van der Waals surface area contributed by atoms with E-state index < -0.39 is 0 Å². The fourth-order valence-electron chi connectivity index (χ4n) is 2.37. The lowest BCUT2D eigenvalue weighted by molar-refractivity contribution is 0.292. The number of benzene rings is 1. The number of nitrogens with zero attached hydrogens (tertiary/aromatic N) is 2. The Morgan fingerprint density at radius 1 is 1.33 bits per heavy atom. The van der Waals surface area contributed by atoms with E-state index in [1.807, 2.05) is 24.3 Å². The van der Waals surface area contributed by atoms with Crippen molar-refractivity contribution in [2.75, 3.05) is 0 Å². The number of ether oxygens (including phenoxy) is 1. The molecule has 1 aromatic carbocycles. The molecule has 0 unspecified atom stereocenters.